The summed E-state index contributed by atoms with van der Waals surface area (Å²) in [4.78, 5) is 2.64. The van der Waals surface area contributed by atoms with Gasteiger partial charge in [0.15, 0.2) is 6.29 Å². The molecule has 3 nitrogen and oxygen atoms in total. The minimum atomic E-state index is -0.000832. The molecule has 1 aliphatic rings. The number of methoxy groups -OCH3 is 2. The molecule has 1 heterocycles. The van der Waals surface area contributed by atoms with Crippen LogP contribution in [0.5, 0.6) is 0 Å². The van der Waals surface area contributed by atoms with Gasteiger partial charge in [-0.1, -0.05) is 32.1 Å². The summed E-state index contributed by atoms with van der Waals surface area (Å²) >= 11 is 0. The van der Waals surface area contributed by atoms with Gasteiger partial charge < -0.3 is 14.4 Å². The molecule has 3 heteroatoms. The topological polar surface area (TPSA) is 21.7 Å². The maximum Gasteiger partial charge on any atom is 0.156 e. The van der Waals surface area contributed by atoms with Crippen molar-refractivity contribution in [3.05, 3.63) is 0 Å². The van der Waals surface area contributed by atoms with Gasteiger partial charge in [0.25, 0.3) is 0 Å². The van der Waals surface area contributed by atoms with Gasteiger partial charge in [0.05, 0.1) is 0 Å². The number of hydrogen-bond acceptors (Lipinski definition) is 3. The summed E-state index contributed by atoms with van der Waals surface area (Å²) in [5.41, 5.74) is 0. The van der Waals surface area contributed by atoms with Gasteiger partial charge in [-0.25, -0.2) is 0 Å². The second kappa shape index (κ2) is 11.7. The summed E-state index contributed by atoms with van der Waals surface area (Å²) in [6.45, 7) is 4.01. The standard InChI is InChI=1S/C16H33NO2/c1-18-16(19-2)12-8-5-3-4-6-9-13-17-14-10-7-11-15-17/h16H,3-15H2,1-2H3. The molecule has 0 bridgehead atoms. The SMILES string of the molecule is COC(CCCCCCCCN1CCCCC1)OC. The van der Waals surface area contributed by atoms with Crippen LogP contribution in [0, 0.1) is 0 Å². The lowest BCUT2D eigenvalue weighted by Crippen LogP contribution is -2.30. The van der Waals surface area contributed by atoms with Gasteiger partial charge in [0.2, 0.25) is 0 Å². The predicted molar refractivity (Wildman–Crippen MR) is 80.4 cm³/mol. The zero-order chi connectivity index (χ0) is 13.8. The van der Waals surface area contributed by atoms with E-state index in [0.29, 0.717) is 0 Å². The van der Waals surface area contributed by atoms with Crippen molar-refractivity contribution in [2.24, 2.45) is 0 Å². The summed E-state index contributed by atoms with van der Waals surface area (Å²) in [7, 11) is 3.43. The lowest BCUT2D eigenvalue weighted by atomic mass is 10.1. The molecule has 0 aromatic carbocycles. The van der Waals surface area contributed by atoms with Crippen molar-refractivity contribution in [2.45, 2.75) is 70.5 Å². The largest absolute Gasteiger partial charge is 0.356 e. The fourth-order valence-electron chi connectivity index (χ4n) is 2.87. The molecule has 1 fully saturated rings. The Bertz CT molecular complexity index is 189. The molecule has 0 unspecified atom stereocenters. The maximum absolute atomic E-state index is 5.18. The molecule has 0 aromatic heterocycles. The van der Waals surface area contributed by atoms with E-state index in [1.807, 2.05) is 0 Å². The Kier molecular flexibility index (Phi) is 10.4. The normalized spacial score (nSPS) is 17.2. The monoisotopic (exact) mass is 271 g/mol. The highest BCUT2D eigenvalue weighted by atomic mass is 16.7. The first kappa shape index (κ1) is 16.9. The number of nitrogens with zero attached hydrogens (tertiary/aromatic N) is 1. The lowest BCUT2D eigenvalue weighted by Gasteiger charge is -2.26. The van der Waals surface area contributed by atoms with Crippen molar-refractivity contribution in [3.8, 4) is 0 Å². The average Bonchev–Trinajstić information content (AvgIpc) is 2.47. The Morgan fingerprint density at radius 1 is 0.789 bits per heavy atom. The molecule has 0 N–H and O–H groups in total. The first-order valence-corrected chi connectivity index (χ1v) is 8.14. The van der Waals surface area contributed by atoms with Crippen molar-refractivity contribution in [3.63, 3.8) is 0 Å². The lowest BCUT2D eigenvalue weighted by molar-refractivity contribution is -0.107. The second-order valence-corrected chi connectivity index (χ2v) is 5.71. The highest BCUT2D eigenvalue weighted by Crippen LogP contribution is 2.12. The number of piperidine rings is 1. The summed E-state index contributed by atoms with van der Waals surface area (Å²) in [6, 6.07) is 0. The number of hydrogen-bond donors (Lipinski definition) is 0. The fraction of sp³-hybridized carbons (Fsp3) is 1.00. The van der Waals surface area contributed by atoms with E-state index in [2.05, 4.69) is 4.90 Å². The summed E-state index contributed by atoms with van der Waals surface area (Å²) in [5.74, 6) is 0. The third-order valence-corrected chi connectivity index (χ3v) is 4.14. The summed E-state index contributed by atoms with van der Waals surface area (Å²) in [6.07, 6.45) is 13.4. The van der Waals surface area contributed by atoms with E-state index in [9.17, 15) is 0 Å². The zero-order valence-electron chi connectivity index (χ0n) is 13.0. The first-order valence-electron chi connectivity index (χ1n) is 8.14. The van der Waals surface area contributed by atoms with Crippen LogP contribution in [0.25, 0.3) is 0 Å². The van der Waals surface area contributed by atoms with E-state index in [4.69, 9.17) is 9.47 Å². The van der Waals surface area contributed by atoms with Crippen molar-refractivity contribution < 1.29 is 9.47 Å². The van der Waals surface area contributed by atoms with Crippen LogP contribution in [0.4, 0.5) is 0 Å². The van der Waals surface area contributed by atoms with Gasteiger partial charge >= 0.3 is 0 Å². The van der Waals surface area contributed by atoms with Crippen LogP contribution in [-0.4, -0.2) is 45.0 Å². The van der Waals surface area contributed by atoms with Crippen LogP contribution < -0.4 is 0 Å². The van der Waals surface area contributed by atoms with Crippen molar-refractivity contribution >= 4 is 0 Å². The summed E-state index contributed by atoms with van der Waals surface area (Å²) in [5, 5.41) is 0. The van der Waals surface area contributed by atoms with Gasteiger partial charge in [-0.05, 0) is 51.7 Å². The van der Waals surface area contributed by atoms with Crippen LogP contribution in [0.1, 0.15) is 64.2 Å². The predicted octanol–water partition coefficient (Wildman–Crippen LogP) is 3.82. The van der Waals surface area contributed by atoms with Crippen LogP contribution in [0.3, 0.4) is 0 Å². The molecular weight excluding hydrogens is 238 g/mol. The van der Waals surface area contributed by atoms with Crippen LogP contribution in [0.2, 0.25) is 0 Å². The number of rotatable bonds is 11. The number of unbranched alkanes of at least 4 members (excludes halogenated alkanes) is 5. The molecule has 1 saturated heterocycles. The van der Waals surface area contributed by atoms with Crippen molar-refractivity contribution in [2.75, 3.05) is 33.9 Å². The average molecular weight is 271 g/mol. The van der Waals surface area contributed by atoms with Crippen LogP contribution in [-0.2, 0) is 9.47 Å². The molecule has 0 aliphatic carbocycles. The Morgan fingerprint density at radius 3 is 2.00 bits per heavy atom. The third kappa shape index (κ3) is 8.61. The Balaban J connectivity index is 1.80. The smallest absolute Gasteiger partial charge is 0.156 e. The quantitative estimate of drug-likeness (QED) is 0.421. The van der Waals surface area contributed by atoms with E-state index in [1.165, 1.54) is 77.4 Å². The van der Waals surface area contributed by atoms with Crippen LogP contribution >= 0.6 is 0 Å². The van der Waals surface area contributed by atoms with E-state index in [-0.39, 0.29) is 6.29 Å². The highest BCUT2D eigenvalue weighted by molar-refractivity contribution is 4.64. The second-order valence-electron chi connectivity index (χ2n) is 5.71. The molecule has 0 spiro atoms. The van der Waals surface area contributed by atoms with Gasteiger partial charge in [0, 0.05) is 14.2 Å². The Labute approximate surface area is 119 Å². The molecule has 0 aromatic rings. The summed E-state index contributed by atoms with van der Waals surface area (Å²) < 4.78 is 10.4. The van der Waals surface area contributed by atoms with Gasteiger partial charge in [0.1, 0.15) is 0 Å². The highest BCUT2D eigenvalue weighted by Gasteiger charge is 2.08. The van der Waals surface area contributed by atoms with Crippen molar-refractivity contribution in [1.82, 2.24) is 4.90 Å². The minimum absolute atomic E-state index is 0.000832. The third-order valence-electron chi connectivity index (χ3n) is 4.14. The zero-order valence-corrected chi connectivity index (χ0v) is 13.0. The Morgan fingerprint density at radius 2 is 1.37 bits per heavy atom. The van der Waals surface area contributed by atoms with E-state index in [0.717, 1.165) is 6.42 Å². The molecule has 114 valence electrons. The molecule has 19 heavy (non-hydrogen) atoms. The Hall–Kier alpha value is -0.120. The van der Waals surface area contributed by atoms with E-state index in [1.54, 1.807) is 14.2 Å². The number of likely N-dealkylation sites (tertiary alicyclic amines) is 1. The van der Waals surface area contributed by atoms with Crippen LogP contribution in [0.15, 0.2) is 0 Å². The molecule has 0 saturated carbocycles. The van der Waals surface area contributed by atoms with Gasteiger partial charge in [-0.15, -0.1) is 0 Å². The molecule has 0 amide bonds. The molecule has 1 aliphatic heterocycles. The molecule has 0 atom stereocenters. The van der Waals surface area contributed by atoms with E-state index >= 15 is 0 Å². The van der Waals surface area contributed by atoms with Gasteiger partial charge in [-0.2, -0.15) is 0 Å². The molecule has 1 rings (SSSR count). The van der Waals surface area contributed by atoms with Crippen molar-refractivity contribution in [1.29, 1.82) is 0 Å². The van der Waals surface area contributed by atoms with Gasteiger partial charge in [-0.3, -0.25) is 0 Å². The molecular formula is C16H33NO2. The molecule has 0 radical (unpaired) electrons. The fourth-order valence-corrected chi connectivity index (χ4v) is 2.87. The first-order chi connectivity index (χ1) is 9.36. The maximum atomic E-state index is 5.18. The number of ether oxygens (including phenoxy) is 2. The van der Waals surface area contributed by atoms with E-state index < -0.39 is 0 Å². The minimum Gasteiger partial charge on any atom is -0.356 e.